The summed E-state index contributed by atoms with van der Waals surface area (Å²) in [6.07, 6.45) is 8.23. The fraction of sp³-hybridized carbons (Fsp3) is 0.472. The molecule has 0 radical (unpaired) electrons. The molecule has 0 amide bonds. The number of ether oxygens (including phenoxy) is 3. The van der Waals surface area contributed by atoms with E-state index in [2.05, 4.69) is 65.5 Å². The number of unbranched alkanes of at least 4 members (excludes halogenated alkanes) is 2. The zero-order valence-electron chi connectivity index (χ0n) is 27.4. The quantitative estimate of drug-likeness (QED) is 0.113. The van der Waals surface area contributed by atoms with Gasteiger partial charge in [0.15, 0.2) is 0 Å². The molecule has 7 nitrogen and oxygen atoms in total. The third-order valence-corrected chi connectivity index (χ3v) is 10.7. The molecule has 9 heteroatoms. The number of para-hydroxylation sites is 1. The summed E-state index contributed by atoms with van der Waals surface area (Å²) in [5.41, 5.74) is 2.73. The molecule has 0 fully saturated rings. The standard InChI is InChI=1S/C36H48N2O5S2/c1-6-9-21-36(22-10-7-2)27-37(29-14-12-11-13-15-29)31-24-33(44-5)32(43-23-20-35(39)42-8-3)25-34(31)45(40)38(36)26-28-16-18-30(41-4)19-17-28/h11-19,24-25H,6-10,20-23,26-27H2,1-5H3. The van der Waals surface area contributed by atoms with Gasteiger partial charge in [0, 0.05) is 24.8 Å². The first-order valence-corrected chi connectivity index (χ1v) is 18.4. The van der Waals surface area contributed by atoms with Gasteiger partial charge < -0.3 is 19.1 Å². The van der Waals surface area contributed by atoms with E-state index in [9.17, 15) is 4.79 Å². The maximum absolute atomic E-state index is 15.2. The van der Waals surface area contributed by atoms with E-state index in [1.54, 1.807) is 25.8 Å². The van der Waals surface area contributed by atoms with Crippen LogP contribution < -0.4 is 14.4 Å². The van der Waals surface area contributed by atoms with Crippen LogP contribution in [-0.2, 0) is 27.1 Å². The molecule has 1 unspecified atom stereocenters. The number of rotatable bonds is 16. The molecule has 244 valence electrons. The summed E-state index contributed by atoms with van der Waals surface area (Å²) in [4.78, 5) is 16.1. The van der Waals surface area contributed by atoms with Crippen molar-refractivity contribution in [1.29, 1.82) is 0 Å². The molecule has 3 aromatic carbocycles. The Balaban J connectivity index is 1.88. The summed E-state index contributed by atoms with van der Waals surface area (Å²) in [7, 11) is 0.163. The molecule has 0 saturated heterocycles. The second kappa shape index (κ2) is 17.1. The van der Waals surface area contributed by atoms with Crippen molar-refractivity contribution in [3.8, 4) is 11.5 Å². The third kappa shape index (κ3) is 8.63. The molecule has 1 aliphatic heterocycles. The molecule has 1 atom stereocenters. The van der Waals surface area contributed by atoms with Crippen molar-refractivity contribution in [3.05, 3.63) is 72.3 Å². The van der Waals surface area contributed by atoms with Gasteiger partial charge in [-0.15, -0.1) is 11.8 Å². The van der Waals surface area contributed by atoms with Crippen molar-refractivity contribution < 1.29 is 23.2 Å². The predicted molar refractivity (Wildman–Crippen MR) is 185 cm³/mol. The highest BCUT2D eigenvalue weighted by Gasteiger charge is 2.45. The van der Waals surface area contributed by atoms with Crippen LogP contribution in [0.3, 0.4) is 0 Å². The molecular weight excluding hydrogens is 605 g/mol. The Hall–Kier alpha value is -3.01. The number of fused-ring (bicyclic) bond motifs is 1. The number of hydrogen-bond donors (Lipinski definition) is 0. The Kier molecular flexibility index (Phi) is 13.2. The van der Waals surface area contributed by atoms with Crippen LogP contribution in [0.2, 0.25) is 0 Å². The molecule has 45 heavy (non-hydrogen) atoms. The van der Waals surface area contributed by atoms with Crippen molar-refractivity contribution in [3.63, 3.8) is 0 Å². The fourth-order valence-corrected chi connectivity index (χ4v) is 8.09. The second-order valence-electron chi connectivity index (χ2n) is 11.4. The van der Waals surface area contributed by atoms with Gasteiger partial charge in [0.2, 0.25) is 0 Å². The van der Waals surface area contributed by atoms with E-state index in [4.69, 9.17) is 14.2 Å². The number of thioether (sulfide) groups is 1. The number of esters is 1. The molecule has 1 heterocycles. The Labute approximate surface area is 276 Å². The van der Waals surface area contributed by atoms with Crippen molar-refractivity contribution in [1.82, 2.24) is 4.31 Å². The van der Waals surface area contributed by atoms with Gasteiger partial charge in [0.1, 0.15) is 22.5 Å². The van der Waals surface area contributed by atoms with Gasteiger partial charge >= 0.3 is 5.97 Å². The Bertz CT molecular complexity index is 1390. The molecule has 3 aromatic rings. The number of hydrogen-bond acceptors (Lipinski definition) is 7. The number of anilines is 2. The maximum atomic E-state index is 15.2. The first kappa shape index (κ1) is 34.9. The lowest BCUT2D eigenvalue weighted by atomic mass is 9.85. The van der Waals surface area contributed by atoms with Gasteiger partial charge in [-0.2, -0.15) is 0 Å². The van der Waals surface area contributed by atoms with Crippen LogP contribution in [0.1, 0.15) is 71.3 Å². The van der Waals surface area contributed by atoms with Gasteiger partial charge in [-0.3, -0.25) is 4.79 Å². The molecular formula is C36H48N2O5S2. The zero-order chi connectivity index (χ0) is 32.2. The highest BCUT2D eigenvalue weighted by atomic mass is 32.2. The number of carbonyl (C=O) groups excluding carboxylic acids is 1. The van der Waals surface area contributed by atoms with E-state index in [0.717, 1.165) is 66.1 Å². The second-order valence-corrected chi connectivity index (χ2v) is 13.6. The van der Waals surface area contributed by atoms with Gasteiger partial charge in [0.25, 0.3) is 0 Å². The number of benzene rings is 3. The van der Waals surface area contributed by atoms with Crippen LogP contribution in [-0.4, -0.2) is 53.1 Å². The minimum atomic E-state index is -1.51. The number of methoxy groups -OCH3 is 1. The first-order valence-electron chi connectivity index (χ1n) is 16.0. The Morgan fingerprint density at radius 1 is 0.978 bits per heavy atom. The van der Waals surface area contributed by atoms with E-state index in [-0.39, 0.29) is 24.5 Å². The minimum Gasteiger partial charge on any atom is -0.497 e. The molecule has 4 rings (SSSR count). The van der Waals surface area contributed by atoms with Gasteiger partial charge in [-0.25, -0.2) is 8.51 Å². The molecule has 0 N–H and O–H groups in total. The van der Waals surface area contributed by atoms with Gasteiger partial charge in [-0.05, 0) is 61.9 Å². The summed E-state index contributed by atoms with van der Waals surface area (Å²) in [5.74, 6) is 1.14. The summed E-state index contributed by atoms with van der Waals surface area (Å²) in [5, 5.41) is 0. The molecule has 0 saturated carbocycles. The van der Waals surface area contributed by atoms with E-state index >= 15 is 4.21 Å². The third-order valence-electron chi connectivity index (χ3n) is 8.32. The predicted octanol–water partition coefficient (Wildman–Crippen LogP) is 8.54. The van der Waals surface area contributed by atoms with Gasteiger partial charge in [0.05, 0.1) is 47.8 Å². The summed E-state index contributed by atoms with van der Waals surface area (Å²) in [6, 6.07) is 22.6. The van der Waals surface area contributed by atoms with Crippen LogP contribution in [0.25, 0.3) is 0 Å². The van der Waals surface area contributed by atoms with Crippen LogP contribution in [0, 0.1) is 0 Å². The minimum absolute atomic E-state index is 0.152. The SMILES string of the molecule is CCCCC1(CCCC)CN(c2ccccc2)c2cc(SC)c(OCCC(=O)OCC)cc2S(=O)N1Cc1ccc(OC)cc1. The number of nitrogens with zero attached hydrogens (tertiary/aromatic N) is 2. The molecule has 0 aromatic heterocycles. The smallest absolute Gasteiger partial charge is 0.309 e. The molecule has 1 aliphatic rings. The van der Waals surface area contributed by atoms with E-state index in [1.165, 1.54) is 0 Å². The van der Waals surface area contributed by atoms with E-state index < -0.39 is 11.0 Å². The fourth-order valence-electron chi connectivity index (χ4n) is 5.89. The Morgan fingerprint density at radius 3 is 2.27 bits per heavy atom. The Morgan fingerprint density at radius 2 is 1.67 bits per heavy atom. The van der Waals surface area contributed by atoms with Gasteiger partial charge in [-0.1, -0.05) is 69.9 Å². The first-order chi connectivity index (χ1) is 21.9. The lowest BCUT2D eigenvalue weighted by Crippen LogP contribution is -2.54. The van der Waals surface area contributed by atoms with Crippen LogP contribution >= 0.6 is 11.8 Å². The highest BCUT2D eigenvalue weighted by molar-refractivity contribution is 7.98. The molecule has 0 spiro atoms. The summed E-state index contributed by atoms with van der Waals surface area (Å²) in [6.45, 7) is 8.02. The average Bonchev–Trinajstić information content (AvgIpc) is 3.16. The van der Waals surface area contributed by atoms with E-state index in [1.807, 2.05) is 30.5 Å². The molecule has 0 aliphatic carbocycles. The maximum Gasteiger partial charge on any atom is 0.309 e. The van der Waals surface area contributed by atoms with E-state index in [0.29, 0.717) is 30.3 Å². The summed E-state index contributed by atoms with van der Waals surface area (Å²) < 4.78 is 34.1. The molecule has 0 bridgehead atoms. The topological polar surface area (TPSA) is 68.3 Å². The largest absolute Gasteiger partial charge is 0.497 e. The van der Waals surface area contributed by atoms with Crippen molar-refractivity contribution in [2.75, 3.05) is 38.0 Å². The van der Waals surface area contributed by atoms with Crippen molar-refractivity contribution >= 4 is 40.1 Å². The van der Waals surface area contributed by atoms with Crippen LogP contribution in [0.5, 0.6) is 11.5 Å². The van der Waals surface area contributed by atoms with Crippen LogP contribution in [0.15, 0.2) is 76.5 Å². The number of carbonyl (C=O) groups is 1. The summed E-state index contributed by atoms with van der Waals surface area (Å²) >= 11 is 1.58. The van der Waals surface area contributed by atoms with Crippen LogP contribution in [0.4, 0.5) is 11.4 Å². The zero-order valence-corrected chi connectivity index (χ0v) is 29.0. The lowest BCUT2D eigenvalue weighted by molar-refractivity contribution is -0.143. The average molecular weight is 653 g/mol. The lowest BCUT2D eigenvalue weighted by Gasteiger charge is -2.44. The highest BCUT2D eigenvalue weighted by Crippen LogP contribution is 2.47. The van der Waals surface area contributed by atoms with Crippen molar-refractivity contribution in [2.24, 2.45) is 0 Å². The van der Waals surface area contributed by atoms with Crippen molar-refractivity contribution in [2.45, 2.75) is 87.6 Å². The normalized spacial score (nSPS) is 16.1. The monoisotopic (exact) mass is 652 g/mol.